The van der Waals surface area contributed by atoms with Crippen molar-refractivity contribution in [3.05, 3.63) is 0 Å². The Labute approximate surface area is 638 Å². The van der Waals surface area contributed by atoms with Crippen LogP contribution in [-0.4, -0.2) is 96.7 Å². The van der Waals surface area contributed by atoms with Crippen molar-refractivity contribution in [1.29, 1.82) is 0 Å². The number of carbonyl (C=O) groups excluding carboxylic acids is 4. The molecule has 0 rings (SSSR count). The van der Waals surface area contributed by atoms with E-state index in [-0.39, 0.29) is 25.7 Å². The first-order valence-electron chi connectivity index (χ1n) is 44.0. The second-order valence-corrected chi connectivity index (χ2v) is 34.4. The number of esters is 4. The lowest BCUT2D eigenvalue weighted by molar-refractivity contribution is -0.161. The molecule has 0 aliphatic carbocycles. The third kappa shape index (κ3) is 78.2. The number of hydrogen-bond acceptors (Lipinski definition) is 15. The van der Waals surface area contributed by atoms with Gasteiger partial charge >= 0.3 is 39.5 Å². The van der Waals surface area contributed by atoms with Gasteiger partial charge < -0.3 is 33.8 Å². The monoisotopic (exact) mass is 1520 g/mol. The molecular weight excluding hydrogens is 1350 g/mol. The van der Waals surface area contributed by atoms with Crippen LogP contribution in [0.4, 0.5) is 0 Å². The van der Waals surface area contributed by atoms with Gasteiger partial charge in [0, 0.05) is 25.7 Å². The van der Waals surface area contributed by atoms with Crippen molar-refractivity contribution in [1.82, 2.24) is 0 Å². The van der Waals surface area contributed by atoms with Crippen LogP contribution in [0.3, 0.4) is 0 Å². The van der Waals surface area contributed by atoms with E-state index in [2.05, 4.69) is 41.5 Å². The molecule has 0 aliphatic heterocycles. The van der Waals surface area contributed by atoms with E-state index in [4.69, 9.17) is 37.0 Å². The van der Waals surface area contributed by atoms with Crippen molar-refractivity contribution in [2.24, 2.45) is 11.8 Å². The van der Waals surface area contributed by atoms with Gasteiger partial charge in [-0.15, -0.1) is 0 Å². The van der Waals surface area contributed by atoms with Crippen LogP contribution < -0.4 is 0 Å². The summed E-state index contributed by atoms with van der Waals surface area (Å²) in [6.07, 6.45) is 67.9. The SMILES string of the molecule is CCCCCCCCCCCCCCCCCCC(=O)O[C@H](COC(=O)CCCCCCCCCCCCC)COP(=O)(O)OC[C@H](O)COP(=O)(O)OC[C@@H](COC(=O)CCCCCCCCCCCCCCCCCC(C)C)OC(=O)CCCCCCCCCCCCCCCCCCC(C)C. The van der Waals surface area contributed by atoms with E-state index in [1.165, 1.54) is 270 Å². The first-order valence-corrected chi connectivity index (χ1v) is 47.0. The number of rotatable bonds is 84. The number of phosphoric acid groups is 2. The minimum atomic E-state index is -4.97. The molecule has 0 heterocycles. The molecule has 0 aromatic rings. The van der Waals surface area contributed by atoms with E-state index in [0.29, 0.717) is 25.7 Å². The van der Waals surface area contributed by atoms with Crippen molar-refractivity contribution in [3.8, 4) is 0 Å². The van der Waals surface area contributed by atoms with Crippen molar-refractivity contribution in [3.63, 3.8) is 0 Å². The highest BCUT2D eigenvalue weighted by molar-refractivity contribution is 7.47. The molecule has 0 amide bonds. The van der Waals surface area contributed by atoms with Crippen molar-refractivity contribution in [2.75, 3.05) is 39.6 Å². The fraction of sp³-hybridized carbons (Fsp3) is 0.953. The Morgan fingerprint density at radius 1 is 0.260 bits per heavy atom. The topological polar surface area (TPSA) is 237 Å². The van der Waals surface area contributed by atoms with Crippen LogP contribution in [0.15, 0.2) is 0 Å². The minimum Gasteiger partial charge on any atom is -0.462 e. The predicted octanol–water partition coefficient (Wildman–Crippen LogP) is 25.8. The Kier molecular flexibility index (Phi) is 75.0. The van der Waals surface area contributed by atoms with Crippen LogP contribution in [0.2, 0.25) is 0 Å². The van der Waals surface area contributed by atoms with Gasteiger partial charge in [-0.25, -0.2) is 9.13 Å². The van der Waals surface area contributed by atoms with E-state index in [1.54, 1.807) is 0 Å². The summed E-state index contributed by atoms with van der Waals surface area (Å²) in [5, 5.41) is 10.7. The largest absolute Gasteiger partial charge is 0.472 e. The molecule has 17 nitrogen and oxygen atoms in total. The molecule has 0 aromatic carbocycles. The number of unbranched alkanes of at least 4 members (excludes halogenated alkanes) is 54. The summed E-state index contributed by atoms with van der Waals surface area (Å²) in [5.74, 6) is -0.485. The van der Waals surface area contributed by atoms with Crippen LogP contribution in [0, 0.1) is 11.8 Å². The van der Waals surface area contributed by atoms with E-state index in [9.17, 15) is 43.2 Å². The molecule has 0 spiro atoms. The van der Waals surface area contributed by atoms with Gasteiger partial charge in [0.2, 0.25) is 0 Å². The average Bonchev–Trinajstić information content (AvgIpc) is 0.904. The quantitative estimate of drug-likeness (QED) is 0.0222. The first-order chi connectivity index (χ1) is 50.4. The Morgan fingerprint density at radius 2 is 0.442 bits per heavy atom. The highest BCUT2D eigenvalue weighted by Crippen LogP contribution is 2.45. The van der Waals surface area contributed by atoms with Gasteiger partial charge in [-0.05, 0) is 37.5 Å². The smallest absolute Gasteiger partial charge is 0.462 e. The third-order valence-electron chi connectivity index (χ3n) is 20.0. The summed E-state index contributed by atoms with van der Waals surface area (Å²) in [5.41, 5.74) is 0. The zero-order chi connectivity index (χ0) is 76.4. The van der Waals surface area contributed by atoms with Crippen molar-refractivity contribution >= 4 is 39.5 Å². The molecule has 0 fully saturated rings. The van der Waals surface area contributed by atoms with Crippen molar-refractivity contribution < 1.29 is 80.2 Å². The molecule has 5 atom stereocenters. The maximum atomic E-state index is 13.1. The fourth-order valence-corrected chi connectivity index (χ4v) is 14.8. The number of hydrogen-bond donors (Lipinski definition) is 3. The zero-order valence-corrected chi connectivity index (χ0v) is 70.1. The second-order valence-electron chi connectivity index (χ2n) is 31.5. The molecular formula is C85H166O17P2. The number of carbonyl (C=O) groups is 4. The standard InChI is InChI=1S/C85H166O17P2/c1-7-9-11-13-15-17-19-20-21-27-33-39-45-51-57-63-69-84(89)101-80(73-95-82(87)67-61-55-49-43-35-18-16-14-12-10-8-2)75-99-103(91,92)97-71-79(86)72-98-104(93,94)100-76-81(74-96-83(88)68-62-56-50-44-38-32-29-24-26-31-37-42-48-54-60-66-78(5)6)102-85(90)70-64-58-52-46-40-34-28-23-22-25-30-36-41-47-53-59-65-77(3)4/h77-81,86H,7-76H2,1-6H3,(H,91,92)(H,93,94)/t79-,80+,81+/m0/s1. The number of aliphatic hydroxyl groups excluding tert-OH is 1. The predicted molar refractivity (Wildman–Crippen MR) is 428 cm³/mol. The first kappa shape index (κ1) is 102. The normalized spacial score (nSPS) is 13.8. The number of ether oxygens (including phenoxy) is 4. The lowest BCUT2D eigenvalue weighted by atomic mass is 10.0. The van der Waals surface area contributed by atoms with E-state index in [0.717, 1.165) is 102 Å². The van der Waals surface area contributed by atoms with Crippen LogP contribution >= 0.6 is 15.6 Å². The van der Waals surface area contributed by atoms with E-state index in [1.807, 2.05) is 0 Å². The Hall–Kier alpha value is -1.94. The van der Waals surface area contributed by atoms with Crippen LogP contribution in [0.25, 0.3) is 0 Å². The number of phosphoric ester groups is 2. The van der Waals surface area contributed by atoms with Gasteiger partial charge in [0.05, 0.1) is 26.4 Å². The summed E-state index contributed by atoms with van der Waals surface area (Å²) in [6.45, 7) is 9.73. The minimum absolute atomic E-state index is 0.109. The van der Waals surface area contributed by atoms with E-state index < -0.39 is 97.5 Å². The maximum Gasteiger partial charge on any atom is 0.472 e. The maximum absolute atomic E-state index is 13.1. The van der Waals surface area contributed by atoms with Crippen molar-refractivity contribution in [2.45, 2.75) is 471 Å². The molecule has 3 N–H and O–H groups in total. The summed E-state index contributed by atoms with van der Waals surface area (Å²) in [4.78, 5) is 73.2. The summed E-state index contributed by atoms with van der Waals surface area (Å²) < 4.78 is 68.9. The van der Waals surface area contributed by atoms with Crippen LogP contribution in [0.5, 0.6) is 0 Å². The Morgan fingerprint density at radius 3 is 0.654 bits per heavy atom. The molecule has 0 radical (unpaired) electrons. The number of aliphatic hydroxyl groups is 1. The van der Waals surface area contributed by atoms with Gasteiger partial charge in [0.15, 0.2) is 12.2 Å². The Balaban J connectivity index is 5.25. The molecule has 0 aromatic heterocycles. The average molecular weight is 1520 g/mol. The van der Waals surface area contributed by atoms with Gasteiger partial charge in [-0.3, -0.25) is 37.3 Å². The summed E-state index contributed by atoms with van der Waals surface area (Å²) in [6, 6.07) is 0. The molecule has 618 valence electrons. The lowest BCUT2D eigenvalue weighted by Gasteiger charge is -2.21. The summed E-state index contributed by atoms with van der Waals surface area (Å²) in [7, 11) is -9.93. The van der Waals surface area contributed by atoms with Crippen LogP contribution in [0.1, 0.15) is 452 Å². The zero-order valence-electron chi connectivity index (χ0n) is 68.3. The molecule has 0 bridgehead atoms. The van der Waals surface area contributed by atoms with Gasteiger partial charge in [-0.2, -0.15) is 0 Å². The Bertz CT molecular complexity index is 1990. The van der Waals surface area contributed by atoms with E-state index >= 15 is 0 Å². The van der Waals surface area contributed by atoms with Gasteiger partial charge in [0.25, 0.3) is 0 Å². The molecule has 0 saturated heterocycles. The molecule has 104 heavy (non-hydrogen) atoms. The third-order valence-corrected chi connectivity index (χ3v) is 21.9. The van der Waals surface area contributed by atoms with Gasteiger partial charge in [-0.1, -0.05) is 401 Å². The fourth-order valence-electron chi connectivity index (χ4n) is 13.2. The highest BCUT2D eigenvalue weighted by atomic mass is 31.2. The van der Waals surface area contributed by atoms with Gasteiger partial charge in [0.1, 0.15) is 19.3 Å². The molecule has 0 saturated carbocycles. The lowest BCUT2D eigenvalue weighted by Crippen LogP contribution is -2.30. The highest BCUT2D eigenvalue weighted by Gasteiger charge is 2.30. The molecule has 2 unspecified atom stereocenters. The summed E-state index contributed by atoms with van der Waals surface area (Å²) >= 11 is 0. The molecule has 0 aliphatic rings. The second kappa shape index (κ2) is 76.4. The van der Waals surface area contributed by atoms with Crippen LogP contribution in [-0.2, 0) is 65.4 Å². The molecule has 19 heteroatoms.